The second-order valence-electron chi connectivity index (χ2n) is 6.98. The summed E-state index contributed by atoms with van der Waals surface area (Å²) in [5.41, 5.74) is 8.73. The largest absolute Gasteiger partial charge is 0.398 e. The van der Waals surface area contributed by atoms with E-state index >= 15 is 0 Å². The summed E-state index contributed by atoms with van der Waals surface area (Å²) in [7, 11) is 0. The maximum Gasteiger partial charge on any atom is 0.231 e. The Labute approximate surface area is 169 Å². The zero-order chi connectivity index (χ0) is 20.1. The monoisotopic (exact) mass is 394 g/mol. The van der Waals surface area contributed by atoms with E-state index in [4.69, 9.17) is 15.9 Å². The molecule has 0 radical (unpaired) electrons. The topological polar surface area (TPSA) is 128 Å². The number of hydrogen-bond donors (Lipinski definition) is 5. The minimum atomic E-state index is 0.484. The second kappa shape index (κ2) is 8.89. The molecule has 1 aromatic carbocycles. The molecule has 1 aliphatic heterocycles. The van der Waals surface area contributed by atoms with Crippen LogP contribution in [0.15, 0.2) is 30.5 Å². The van der Waals surface area contributed by atoms with Crippen LogP contribution < -0.4 is 16.4 Å². The molecule has 4 rings (SSSR count). The van der Waals surface area contributed by atoms with Crippen LogP contribution in [0.2, 0.25) is 0 Å². The molecule has 9 nitrogen and oxygen atoms in total. The predicted octanol–water partition coefficient (Wildman–Crippen LogP) is 2.42. The van der Waals surface area contributed by atoms with Gasteiger partial charge in [0.2, 0.25) is 5.95 Å². The molecule has 2 aromatic heterocycles. The molecule has 9 heteroatoms. The van der Waals surface area contributed by atoms with Crippen molar-refractivity contribution in [2.45, 2.75) is 6.42 Å². The molecule has 1 fully saturated rings. The van der Waals surface area contributed by atoms with Crippen molar-refractivity contribution in [1.82, 2.24) is 19.9 Å². The third kappa shape index (κ3) is 4.64. The van der Waals surface area contributed by atoms with E-state index in [0.29, 0.717) is 17.2 Å². The lowest BCUT2D eigenvalue weighted by Crippen LogP contribution is -2.37. The van der Waals surface area contributed by atoms with E-state index in [1.807, 2.05) is 18.3 Å². The lowest BCUT2D eigenvalue weighted by atomic mass is 10.2. The number of anilines is 4. The Kier molecular flexibility index (Phi) is 5.87. The van der Waals surface area contributed by atoms with Crippen LogP contribution in [0.4, 0.5) is 23.1 Å². The third-order valence-electron chi connectivity index (χ3n) is 4.96. The molecule has 1 aliphatic rings. The number of benzene rings is 1. The Morgan fingerprint density at radius 2 is 2.10 bits per heavy atom. The molecule has 0 spiro atoms. The van der Waals surface area contributed by atoms with Gasteiger partial charge in [-0.15, -0.1) is 0 Å². The summed E-state index contributed by atoms with van der Waals surface area (Å²) in [6, 6.07) is 7.40. The highest BCUT2D eigenvalue weighted by atomic mass is 16.5. The average Bonchev–Trinajstić information content (AvgIpc) is 3.21. The molecule has 0 saturated carbocycles. The van der Waals surface area contributed by atoms with Crippen molar-refractivity contribution in [3.05, 3.63) is 36.0 Å². The molecule has 0 amide bonds. The summed E-state index contributed by atoms with van der Waals surface area (Å²) in [5.74, 6) is 1.28. The first-order valence-corrected chi connectivity index (χ1v) is 9.79. The number of morpholine rings is 1. The SMILES string of the molecule is N=Cc1ccc(Nc2nc(NCCCN3CCOCC3)c3cc[nH]c3n2)cc1N. The molecular weight excluding hydrogens is 368 g/mol. The van der Waals surface area contributed by atoms with Crippen LogP contribution in [0.25, 0.3) is 11.0 Å². The van der Waals surface area contributed by atoms with Crippen LogP contribution in [0.3, 0.4) is 0 Å². The summed E-state index contributed by atoms with van der Waals surface area (Å²) < 4.78 is 5.39. The Balaban J connectivity index is 1.44. The first-order valence-electron chi connectivity index (χ1n) is 9.79. The first kappa shape index (κ1) is 19.2. The molecule has 152 valence electrons. The molecule has 3 heterocycles. The van der Waals surface area contributed by atoms with Crippen molar-refractivity contribution in [2.75, 3.05) is 55.8 Å². The van der Waals surface area contributed by atoms with Gasteiger partial charge in [0, 0.05) is 49.0 Å². The summed E-state index contributed by atoms with van der Waals surface area (Å²) in [6.45, 7) is 5.52. The van der Waals surface area contributed by atoms with Gasteiger partial charge in [0.15, 0.2) is 0 Å². The molecule has 0 bridgehead atoms. The van der Waals surface area contributed by atoms with E-state index in [1.54, 1.807) is 12.1 Å². The Morgan fingerprint density at radius 3 is 2.90 bits per heavy atom. The van der Waals surface area contributed by atoms with Crippen LogP contribution in [-0.4, -0.2) is 65.5 Å². The van der Waals surface area contributed by atoms with Gasteiger partial charge < -0.3 is 31.5 Å². The van der Waals surface area contributed by atoms with Gasteiger partial charge in [-0.25, -0.2) is 0 Å². The zero-order valence-corrected chi connectivity index (χ0v) is 16.2. The number of H-pyrrole nitrogens is 1. The lowest BCUT2D eigenvalue weighted by Gasteiger charge is -2.26. The number of rotatable bonds is 8. The smallest absolute Gasteiger partial charge is 0.231 e. The number of hydrogen-bond acceptors (Lipinski definition) is 8. The number of aromatic nitrogens is 3. The summed E-state index contributed by atoms with van der Waals surface area (Å²) in [5, 5.41) is 15.0. The number of nitrogens with zero attached hydrogens (tertiary/aromatic N) is 3. The number of nitrogen functional groups attached to an aromatic ring is 1. The van der Waals surface area contributed by atoms with Crippen molar-refractivity contribution < 1.29 is 4.74 Å². The van der Waals surface area contributed by atoms with Gasteiger partial charge in [-0.2, -0.15) is 9.97 Å². The van der Waals surface area contributed by atoms with Crippen molar-refractivity contribution in [3.8, 4) is 0 Å². The summed E-state index contributed by atoms with van der Waals surface area (Å²) >= 11 is 0. The van der Waals surface area contributed by atoms with E-state index < -0.39 is 0 Å². The van der Waals surface area contributed by atoms with E-state index in [2.05, 4.69) is 30.5 Å². The van der Waals surface area contributed by atoms with E-state index in [1.165, 1.54) is 6.21 Å². The van der Waals surface area contributed by atoms with Crippen molar-refractivity contribution >= 4 is 40.4 Å². The van der Waals surface area contributed by atoms with E-state index in [-0.39, 0.29) is 0 Å². The Bertz CT molecular complexity index is 980. The molecule has 0 unspecified atom stereocenters. The molecule has 1 saturated heterocycles. The van der Waals surface area contributed by atoms with Crippen LogP contribution in [-0.2, 0) is 4.74 Å². The highest BCUT2D eigenvalue weighted by Crippen LogP contribution is 2.24. The summed E-state index contributed by atoms with van der Waals surface area (Å²) in [6.07, 6.45) is 4.12. The fourth-order valence-corrected chi connectivity index (χ4v) is 3.38. The maximum absolute atomic E-state index is 7.35. The van der Waals surface area contributed by atoms with Crippen molar-refractivity contribution in [2.24, 2.45) is 0 Å². The maximum atomic E-state index is 7.35. The lowest BCUT2D eigenvalue weighted by molar-refractivity contribution is 0.0378. The molecule has 6 N–H and O–H groups in total. The third-order valence-corrected chi connectivity index (χ3v) is 4.96. The highest BCUT2D eigenvalue weighted by molar-refractivity contribution is 5.89. The van der Waals surface area contributed by atoms with Crippen LogP contribution in [0.1, 0.15) is 12.0 Å². The molecule has 0 aliphatic carbocycles. The number of fused-ring (bicyclic) bond motifs is 1. The van der Waals surface area contributed by atoms with Crippen molar-refractivity contribution in [3.63, 3.8) is 0 Å². The zero-order valence-electron chi connectivity index (χ0n) is 16.2. The van der Waals surface area contributed by atoms with Crippen molar-refractivity contribution in [1.29, 1.82) is 5.41 Å². The summed E-state index contributed by atoms with van der Waals surface area (Å²) in [4.78, 5) is 14.8. The minimum Gasteiger partial charge on any atom is -0.398 e. The average molecular weight is 394 g/mol. The van der Waals surface area contributed by atoms with E-state index in [9.17, 15) is 0 Å². The number of aromatic amines is 1. The standard InChI is InChI=1S/C20H26N8O/c21-13-14-2-3-15(12-17(14)22)25-20-26-18(16-4-6-24-19(16)27-20)23-5-1-7-28-8-10-29-11-9-28/h2-4,6,12-13,21H,1,5,7-11,22H2,(H3,23,24,25,26,27). The fraction of sp³-hybridized carbons (Fsp3) is 0.350. The number of ether oxygens (including phenoxy) is 1. The van der Waals surface area contributed by atoms with Gasteiger partial charge in [-0.05, 0) is 37.2 Å². The molecule has 29 heavy (non-hydrogen) atoms. The van der Waals surface area contributed by atoms with Gasteiger partial charge >= 0.3 is 0 Å². The second-order valence-corrected chi connectivity index (χ2v) is 6.98. The van der Waals surface area contributed by atoms with Gasteiger partial charge in [-0.3, -0.25) is 4.90 Å². The van der Waals surface area contributed by atoms with E-state index in [0.717, 1.165) is 68.4 Å². The van der Waals surface area contributed by atoms with Gasteiger partial charge in [0.1, 0.15) is 11.5 Å². The Morgan fingerprint density at radius 1 is 1.24 bits per heavy atom. The molecule has 3 aromatic rings. The number of nitrogens with one attached hydrogen (secondary N) is 4. The quantitative estimate of drug-likeness (QED) is 0.225. The first-order chi connectivity index (χ1) is 14.2. The minimum absolute atomic E-state index is 0.484. The van der Waals surface area contributed by atoms with Gasteiger partial charge in [0.25, 0.3) is 0 Å². The van der Waals surface area contributed by atoms with Crippen LogP contribution in [0, 0.1) is 5.41 Å². The van der Waals surface area contributed by atoms with Crippen LogP contribution in [0.5, 0.6) is 0 Å². The van der Waals surface area contributed by atoms with Crippen LogP contribution >= 0.6 is 0 Å². The normalized spacial score (nSPS) is 14.8. The molecular formula is C20H26N8O. The number of nitrogens with two attached hydrogens (primary N) is 1. The molecule has 0 atom stereocenters. The van der Waals surface area contributed by atoms with Gasteiger partial charge in [-0.1, -0.05) is 0 Å². The fourth-order valence-electron chi connectivity index (χ4n) is 3.38. The predicted molar refractivity (Wildman–Crippen MR) is 116 cm³/mol. The van der Waals surface area contributed by atoms with Gasteiger partial charge in [0.05, 0.1) is 18.6 Å². The highest BCUT2D eigenvalue weighted by Gasteiger charge is 2.11. The Hall–Kier alpha value is -3.17.